The van der Waals surface area contributed by atoms with Gasteiger partial charge in [0.2, 0.25) is 5.91 Å². The van der Waals surface area contributed by atoms with E-state index in [2.05, 4.69) is 31.4 Å². The van der Waals surface area contributed by atoms with Crippen LogP contribution in [0.2, 0.25) is 0 Å². The average molecular weight is 362 g/mol. The van der Waals surface area contributed by atoms with Gasteiger partial charge >= 0.3 is 0 Å². The molecule has 2 amide bonds. The number of rotatable bonds is 10. The van der Waals surface area contributed by atoms with Crippen molar-refractivity contribution in [1.82, 2.24) is 5.32 Å². The normalized spacial score (nSPS) is 12.0. The minimum Gasteiger partial charge on any atom is -0.377 e. The van der Waals surface area contributed by atoms with Crippen LogP contribution in [0.1, 0.15) is 63.7 Å². The zero-order valence-corrected chi connectivity index (χ0v) is 17.2. The third kappa shape index (κ3) is 6.70. The lowest BCUT2D eigenvalue weighted by Gasteiger charge is -2.20. The van der Waals surface area contributed by atoms with E-state index in [1.165, 1.54) is 0 Å². The molecule has 0 bridgehead atoms. The Balaban J connectivity index is 2.98. The fraction of sp³-hybridized carbons (Fsp3) is 0.619. The summed E-state index contributed by atoms with van der Waals surface area (Å²) in [7, 11) is 3.81. The molecular formula is C21H35N3O2. The molecule has 146 valence electrons. The van der Waals surface area contributed by atoms with Gasteiger partial charge in [0.25, 0.3) is 5.91 Å². The predicted molar refractivity (Wildman–Crippen MR) is 110 cm³/mol. The van der Waals surface area contributed by atoms with Crippen molar-refractivity contribution in [2.75, 3.05) is 30.9 Å². The van der Waals surface area contributed by atoms with Crippen molar-refractivity contribution in [3.63, 3.8) is 0 Å². The van der Waals surface area contributed by atoms with Gasteiger partial charge in [0.15, 0.2) is 0 Å². The van der Waals surface area contributed by atoms with Crippen LogP contribution in [-0.4, -0.2) is 32.5 Å². The van der Waals surface area contributed by atoms with E-state index in [-0.39, 0.29) is 17.7 Å². The number of carbonyl (C=O) groups excluding carboxylic acids is 2. The summed E-state index contributed by atoms with van der Waals surface area (Å²) in [5, 5.41) is 5.95. The first-order valence-electron chi connectivity index (χ1n) is 9.70. The Hall–Kier alpha value is -2.04. The van der Waals surface area contributed by atoms with E-state index in [4.69, 9.17) is 0 Å². The molecule has 0 heterocycles. The zero-order chi connectivity index (χ0) is 19.7. The maximum Gasteiger partial charge on any atom is 0.253 e. The molecule has 0 saturated carbocycles. The molecule has 0 aliphatic carbocycles. The van der Waals surface area contributed by atoms with Gasteiger partial charge in [-0.2, -0.15) is 0 Å². The molecule has 0 fully saturated rings. The average Bonchev–Trinajstić information content (AvgIpc) is 2.59. The van der Waals surface area contributed by atoms with Crippen molar-refractivity contribution in [1.29, 1.82) is 0 Å². The van der Waals surface area contributed by atoms with Gasteiger partial charge in [0.05, 0.1) is 5.56 Å². The standard InChI is InChI=1S/C21H35N3O2/c1-7-9-10-16(8-2)20(25)23-17-11-12-19(24(5)6)18(13-17)21(26)22-14-15(3)4/h11-13,15-16H,7-10,14H2,1-6H3,(H,22,26)(H,23,25)/t16-/m0/s1. The third-order valence-corrected chi connectivity index (χ3v) is 4.43. The first-order chi connectivity index (χ1) is 12.3. The number of benzene rings is 1. The number of hydrogen-bond acceptors (Lipinski definition) is 3. The second-order valence-electron chi connectivity index (χ2n) is 7.47. The summed E-state index contributed by atoms with van der Waals surface area (Å²) in [5.74, 6) is 0.318. The molecule has 0 aromatic heterocycles. The Labute approximate surface area is 158 Å². The van der Waals surface area contributed by atoms with Crippen molar-refractivity contribution in [3.8, 4) is 0 Å². The lowest BCUT2D eigenvalue weighted by atomic mass is 9.98. The maximum absolute atomic E-state index is 12.6. The van der Waals surface area contributed by atoms with Gasteiger partial charge in [-0.15, -0.1) is 0 Å². The van der Waals surface area contributed by atoms with Crippen LogP contribution in [0.3, 0.4) is 0 Å². The van der Waals surface area contributed by atoms with Crippen LogP contribution >= 0.6 is 0 Å². The van der Waals surface area contributed by atoms with E-state index in [9.17, 15) is 9.59 Å². The molecule has 1 aromatic rings. The van der Waals surface area contributed by atoms with Crippen molar-refractivity contribution in [2.24, 2.45) is 11.8 Å². The second kappa shape index (κ2) is 10.8. The number of nitrogens with one attached hydrogen (secondary N) is 2. The highest BCUT2D eigenvalue weighted by atomic mass is 16.2. The van der Waals surface area contributed by atoms with Crippen LogP contribution in [0.5, 0.6) is 0 Å². The van der Waals surface area contributed by atoms with Gasteiger partial charge in [-0.25, -0.2) is 0 Å². The van der Waals surface area contributed by atoms with Crippen molar-refractivity contribution < 1.29 is 9.59 Å². The van der Waals surface area contributed by atoms with Crippen LogP contribution < -0.4 is 15.5 Å². The molecule has 26 heavy (non-hydrogen) atoms. The van der Waals surface area contributed by atoms with Crippen LogP contribution in [-0.2, 0) is 4.79 Å². The summed E-state index contributed by atoms with van der Waals surface area (Å²) in [6.07, 6.45) is 3.86. The van der Waals surface area contributed by atoms with Gasteiger partial charge < -0.3 is 15.5 Å². The number of hydrogen-bond donors (Lipinski definition) is 2. The molecule has 1 rings (SSSR count). The largest absolute Gasteiger partial charge is 0.377 e. The highest BCUT2D eigenvalue weighted by Crippen LogP contribution is 2.24. The molecular weight excluding hydrogens is 326 g/mol. The molecule has 1 atom stereocenters. The van der Waals surface area contributed by atoms with Crippen molar-refractivity contribution in [2.45, 2.75) is 53.4 Å². The van der Waals surface area contributed by atoms with E-state index < -0.39 is 0 Å². The summed E-state index contributed by atoms with van der Waals surface area (Å²) < 4.78 is 0. The number of unbranched alkanes of at least 4 members (excludes halogenated alkanes) is 1. The molecule has 0 spiro atoms. The van der Waals surface area contributed by atoms with Crippen molar-refractivity contribution >= 4 is 23.2 Å². The van der Waals surface area contributed by atoms with E-state index in [0.717, 1.165) is 31.4 Å². The van der Waals surface area contributed by atoms with E-state index in [0.29, 0.717) is 23.7 Å². The molecule has 0 unspecified atom stereocenters. The Morgan fingerprint density at radius 2 is 1.85 bits per heavy atom. The van der Waals surface area contributed by atoms with E-state index in [1.807, 2.05) is 38.1 Å². The smallest absolute Gasteiger partial charge is 0.253 e. The molecule has 0 saturated heterocycles. The Kier molecular flexibility index (Phi) is 9.17. The van der Waals surface area contributed by atoms with Crippen LogP contribution in [0.4, 0.5) is 11.4 Å². The first-order valence-corrected chi connectivity index (χ1v) is 9.70. The lowest BCUT2D eigenvalue weighted by molar-refractivity contribution is -0.120. The summed E-state index contributed by atoms with van der Waals surface area (Å²) >= 11 is 0. The number of carbonyl (C=O) groups is 2. The Morgan fingerprint density at radius 1 is 1.15 bits per heavy atom. The van der Waals surface area contributed by atoms with E-state index >= 15 is 0 Å². The Bertz CT molecular complexity index is 597. The highest BCUT2D eigenvalue weighted by molar-refractivity contribution is 6.02. The summed E-state index contributed by atoms with van der Waals surface area (Å²) in [6, 6.07) is 5.52. The number of amides is 2. The summed E-state index contributed by atoms with van der Waals surface area (Å²) in [6.45, 7) is 8.92. The van der Waals surface area contributed by atoms with Gasteiger partial charge in [-0.1, -0.05) is 40.5 Å². The Morgan fingerprint density at radius 3 is 2.38 bits per heavy atom. The minimum absolute atomic E-state index is 0.0155. The van der Waals surface area contributed by atoms with Gasteiger partial charge in [-0.05, 0) is 37.0 Å². The SMILES string of the molecule is CCCC[C@H](CC)C(=O)Nc1ccc(N(C)C)c(C(=O)NCC(C)C)c1. The number of anilines is 2. The molecule has 0 aliphatic heterocycles. The third-order valence-electron chi connectivity index (χ3n) is 4.43. The van der Waals surface area contributed by atoms with E-state index in [1.54, 1.807) is 6.07 Å². The topological polar surface area (TPSA) is 61.4 Å². The van der Waals surface area contributed by atoms with Gasteiger partial charge in [0, 0.05) is 37.9 Å². The highest BCUT2D eigenvalue weighted by Gasteiger charge is 2.18. The molecule has 5 heteroatoms. The molecule has 0 aliphatic rings. The van der Waals surface area contributed by atoms with Gasteiger partial charge in [-0.3, -0.25) is 9.59 Å². The second-order valence-corrected chi connectivity index (χ2v) is 7.47. The molecule has 1 aromatic carbocycles. The monoisotopic (exact) mass is 361 g/mol. The van der Waals surface area contributed by atoms with Gasteiger partial charge in [0.1, 0.15) is 0 Å². The van der Waals surface area contributed by atoms with Crippen LogP contribution in [0.25, 0.3) is 0 Å². The van der Waals surface area contributed by atoms with Crippen LogP contribution in [0.15, 0.2) is 18.2 Å². The fourth-order valence-electron chi connectivity index (χ4n) is 2.79. The first kappa shape index (κ1) is 22.0. The minimum atomic E-state index is -0.114. The lowest BCUT2D eigenvalue weighted by Crippen LogP contribution is -2.29. The number of nitrogens with zero attached hydrogens (tertiary/aromatic N) is 1. The molecule has 2 N–H and O–H groups in total. The summed E-state index contributed by atoms with van der Waals surface area (Å²) in [4.78, 5) is 27.0. The predicted octanol–water partition coefficient (Wildman–Crippen LogP) is 4.29. The molecule has 0 radical (unpaired) electrons. The maximum atomic E-state index is 12.6. The molecule has 5 nitrogen and oxygen atoms in total. The fourth-order valence-corrected chi connectivity index (χ4v) is 2.79. The van der Waals surface area contributed by atoms with Crippen LogP contribution in [0, 0.1) is 11.8 Å². The quantitative estimate of drug-likeness (QED) is 0.653. The van der Waals surface area contributed by atoms with Crippen molar-refractivity contribution in [3.05, 3.63) is 23.8 Å². The zero-order valence-electron chi connectivity index (χ0n) is 17.2. The summed E-state index contributed by atoms with van der Waals surface area (Å²) in [5.41, 5.74) is 2.09.